The number of amides is 2. The summed E-state index contributed by atoms with van der Waals surface area (Å²) in [5, 5.41) is 10.3. The van der Waals surface area contributed by atoms with E-state index >= 15 is 0 Å². The van der Waals surface area contributed by atoms with E-state index in [4.69, 9.17) is 9.84 Å². The van der Waals surface area contributed by atoms with E-state index in [0.29, 0.717) is 0 Å². The molecule has 2 amide bonds. The molecule has 1 rings (SSSR count). The summed E-state index contributed by atoms with van der Waals surface area (Å²) in [7, 11) is 0. The molecule has 0 aliphatic carbocycles. The van der Waals surface area contributed by atoms with E-state index in [1.807, 2.05) is 0 Å². The predicted octanol–water partition coefficient (Wildman–Crippen LogP) is -0.243. The average Bonchev–Trinajstić information content (AvgIpc) is 2.35. The number of nitrogens with one attached hydrogen (secondary N) is 1. The number of carboxylic acids is 1. The molecule has 1 atom stereocenters. The van der Waals surface area contributed by atoms with Crippen LogP contribution in [0.5, 0.6) is 0 Å². The second kappa shape index (κ2) is 7.25. The summed E-state index contributed by atoms with van der Waals surface area (Å²) in [5.74, 6) is -2.91. The zero-order chi connectivity index (χ0) is 16.0. The van der Waals surface area contributed by atoms with Crippen LogP contribution in [-0.2, 0) is 19.1 Å². The van der Waals surface area contributed by atoms with Gasteiger partial charge in [-0.05, 0) is 0 Å². The molecule has 10 heteroatoms. The maximum atomic E-state index is 11.9. The lowest BCUT2D eigenvalue weighted by molar-refractivity contribution is -0.149. The van der Waals surface area contributed by atoms with Crippen LogP contribution in [0.1, 0.15) is 12.8 Å². The van der Waals surface area contributed by atoms with E-state index in [9.17, 15) is 27.6 Å². The van der Waals surface area contributed by atoms with Gasteiger partial charge in [-0.1, -0.05) is 0 Å². The third-order valence-electron chi connectivity index (χ3n) is 2.76. The summed E-state index contributed by atoms with van der Waals surface area (Å²) < 4.78 is 40.8. The molecule has 120 valence electrons. The Morgan fingerprint density at radius 1 is 1.33 bits per heavy atom. The predicted molar refractivity (Wildman–Crippen MR) is 62.3 cm³/mol. The van der Waals surface area contributed by atoms with Crippen LogP contribution in [0.15, 0.2) is 0 Å². The second-order valence-corrected chi connectivity index (χ2v) is 4.48. The van der Waals surface area contributed by atoms with Crippen LogP contribution in [0.4, 0.5) is 13.2 Å². The number of aliphatic carboxylic acids is 1. The number of carbonyl (C=O) groups is 3. The highest BCUT2D eigenvalue weighted by Crippen LogP contribution is 2.14. The molecule has 0 unspecified atom stereocenters. The highest BCUT2D eigenvalue weighted by molar-refractivity contribution is 5.97. The summed E-state index contributed by atoms with van der Waals surface area (Å²) >= 11 is 0. The topological polar surface area (TPSA) is 95.9 Å². The van der Waals surface area contributed by atoms with Crippen LogP contribution < -0.4 is 5.32 Å². The number of carbonyl (C=O) groups excluding carboxylic acids is 2. The van der Waals surface area contributed by atoms with Crippen molar-refractivity contribution >= 4 is 17.8 Å². The Kier molecular flexibility index (Phi) is 5.94. The molecule has 0 aromatic heterocycles. The van der Waals surface area contributed by atoms with Gasteiger partial charge < -0.3 is 20.1 Å². The zero-order valence-electron chi connectivity index (χ0n) is 11.0. The molecular formula is C11H15F3N2O5. The first-order chi connectivity index (χ1) is 9.69. The van der Waals surface area contributed by atoms with Gasteiger partial charge in [-0.2, -0.15) is 13.2 Å². The third kappa shape index (κ3) is 6.43. The number of ether oxygens (including phenoxy) is 1. The fourth-order valence-corrected chi connectivity index (χ4v) is 1.85. The smallest absolute Gasteiger partial charge is 0.405 e. The molecule has 7 nitrogen and oxygen atoms in total. The summed E-state index contributed by atoms with van der Waals surface area (Å²) in [4.78, 5) is 35.0. The number of halogens is 3. The molecule has 1 aliphatic heterocycles. The van der Waals surface area contributed by atoms with E-state index in [1.54, 1.807) is 5.32 Å². The van der Waals surface area contributed by atoms with Gasteiger partial charge in [-0.25, -0.2) is 0 Å². The Balaban J connectivity index is 2.51. The fourth-order valence-electron chi connectivity index (χ4n) is 1.85. The molecular weight excluding hydrogens is 297 g/mol. The Morgan fingerprint density at radius 3 is 2.57 bits per heavy atom. The molecule has 1 fully saturated rings. The van der Waals surface area contributed by atoms with Crippen molar-refractivity contribution in [2.75, 3.05) is 26.3 Å². The standard InChI is InChI=1S/C11H15F3N2O5/c12-11(13,14)6-15-8(17)4-9(18)16-1-2-21-5-7(16)3-10(19)20/h7H,1-6H2,(H,15,17)(H,19,20)/t7-/m0/s1. The molecule has 0 saturated carbocycles. The van der Waals surface area contributed by atoms with Crippen LogP contribution in [0.3, 0.4) is 0 Å². The summed E-state index contributed by atoms with van der Waals surface area (Å²) in [5.41, 5.74) is 0. The van der Waals surface area contributed by atoms with Crippen molar-refractivity contribution in [1.29, 1.82) is 0 Å². The van der Waals surface area contributed by atoms with Gasteiger partial charge in [0.25, 0.3) is 0 Å². The lowest BCUT2D eigenvalue weighted by Crippen LogP contribution is -2.50. The molecule has 0 aromatic carbocycles. The van der Waals surface area contributed by atoms with Crippen LogP contribution in [-0.4, -0.2) is 66.3 Å². The van der Waals surface area contributed by atoms with Gasteiger partial charge in [0.05, 0.1) is 25.7 Å². The van der Waals surface area contributed by atoms with Gasteiger partial charge in [-0.15, -0.1) is 0 Å². The van der Waals surface area contributed by atoms with Crippen molar-refractivity contribution in [1.82, 2.24) is 10.2 Å². The largest absolute Gasteiger partial charge is 0.481 e. The van der Waals surface area contributed by atoms with Crippen molar-refractivity contribution in [3.8, 4) is 0 Å². The normalized spacial score (nSPS) is 19.2. The van der Waals surface area contributed by atoms with Crippen molar-refractivity contribution in [2.45, 2.75) is 25.1 Å². The quantitative estimate of drug-likeness (QED) is 0.683. The van der Waals surface area contributed by atoms with E-state index in [1.165, 1.54) is 0 Å². The summed E-state index contributed by atoms with van der Waals surface area (Å²) in [6, 6.07) is -0.723. The molecule has 0 bridgehead atoms. The monoisotopic (exact) mass is 312 g/mol. The zero-order valence-corrected chi connectivity index (χ0v) is 11.0. The van der Waals surface area contributed by atoms with Crippen molar-refractivity contribution < 1.29 is 37.4 Å². The number of rotatable bonds is 5. The molecule has 1 saturated heterocycles. The van der Waals surface area contributed by atoms with Gasteiger partial charge in [0.1, 0.15) is 13.0 Å². The second-order valence-electron chi connectivity index (χ2n) is 4.48. The minimum absolute atomic E-state index is 0.0161. The number of hydrogen-bond acceptors (Lipinski definition) is 4. The van der Waals surface area contributed by atoms with Crippen molar-refractivity contribution in [3.63, 3.8) is 0 Å². The fraction of sp³-hybridized carbons (Fsp3) is 0.727. The lowest BCUT2D eigenvalue weighted by Gasteiger charge is -2.34. The van der Waals surface area contributed by atoms with Gasteiger partial charge in [0.2, 0.25) is 11.8 Å². The maximum Gasteiger partial charge on any atom is 0.405 e. The Bertz CT molecular complexity index is 413. The third-order valence-corrected chi connectivity index (χ3v) is 2.76. The SMILES string of the molecule is O=C(O)C[C@H]1COCCN1C(=O)CC(=O)NCC(F)(F)F. The minimum Gasteiger partial charge on any atom is -0.481 e. The maximum absolute atomic E-state index is 11.9. The van der Waals surface area contributed by atoms with E-state index in [-0.39, 0.29) is 26.2 Å². The molecule has 1 aliphatic rings. The summed E-state index contributed by atoms with van der Waals surface area (Å²) in [6.07, 6.45) is -5.66. The molecule has 0 aromatic rings. The van der Waals surface area contributed by atoms with Gasteiger partial charge in [0, 0.05) is 6.54 Å². The number of alkyl halides is 3. The Labute approximate surface area is 118 Å². The van der Waals surface area contributed by atoms with Crippen LogP contribution in [0, 0.1) is 0 Å². The van der Waals surface area contributed by atoms with Gasteiger partial charge in [-0.3, -0.25) is 14.4 Å². The van der Waals surface area contributed by atoms with E-state index in [0.717, 1.165) is 4.90 Å². The number of carboxylic acid groups (broad SMARTS) is 1. The molecule has 21 heavy (non-hydrogen) atoms. The van der Waals surface area contributed by atoms with Gasteiger partial charge >= 0.3 is 12.1 Å². The van der Waals surface area contributed by atoms with Crippen LogP contribution >= 0.6 is 0 Å². The van der Waals surface area contributed by atoms with Crippen LogP contribution in [0.25, 0.3) is 0 Å². The summed E-state index contributed by atoms with van der Waals surface area (Å²) in [6.45, 7) is -1.21. The van der Waals surface area contributed by atoms with Gasteiger partial charge in [0.15, 0.2) is 0 Å². The van der Waals surface area contributed by atoms with Crippen LogP contribution in [0.2, 0.25) is 0 Å². The Morgan fingerprint density at radius 2 is 2.00 bits per heavy atom. The highest BCUT2D eigenvalue weighted by atomic mass is 19.4. The molecule has 0 spiro atoms. The first kappa shape index (κ1) is 17.2. The van der Waals surface area contributed by atoms with E-state index < -0.39 is 43.0 Å². The molecule has 1 heterocycles. The molecule has 2 N–H and O–H groups in total. The first-order valence-electron chi connectivity index (χ1n) is 6.11. The first-order valence-corrected chi connectivity index (χ1v) is 6.11. The lowest BCUT2D eigenvalue weighted by atomic mass is 10.1. The minimum atomic E-state index is -4.55. The number of hydrogen-bond donors (Lipinski definition) is 2. The molecule has 0 radical (unpaired) electrons. The average molecular weight is 312 g/mol. The Hall–Kier alpha value is -1.84. The van der Waals surface area contributed by atoms with E-state index in [2.05, 4.69) is 0 Å². The van der Waals surface area contributed by atoms with Crippen molar-refractivity contribution in [2.24, 2.45) is 0 Å². The number of morpholine rings is 1. The number of nitrogens with zero attached hydrogens (tertiary/aromatic N) is 1. The highest BCUT2D eigenvalue weighted by Gasteiger charge is 2.31. The van der Waals surface area contributed by atoms with Crippen molar-refractivity contribution in [3.05, 3.63) is 0 Å².